The van der Waals surface area contributed by atoms with Crippen LogP contribution in [-0.2, 0) is 0 Å². The average Bonchev–Trinajstić information content (AvgIpc) is 3.46. The highest BCUT2D eigenvalue weighted by Crippen LogP contribution is 2.39. The van der Waals surface area contributed by atoms with Crippen molar-refractivity contribution in [3.05, 3.63) is 41.1 Å². The molecule has 10 nitrogen and oxygen atoms in total. The van der Waals surface area contributed by atoms with Crippen LogP contribution in [0, 0.1) is 16.7 Å². The summed E-state index contributed by atoms with van der Waals surface area (Å²) in [5.41, 5.74) is -2.11. The molecule has 2 aromatic heterocycles. The van der Waals surface area contributed by atoms with Crippen molar-refractivity contribution in [2.24, 2.45) is 11.3 Å². The van der Waals surface area contributed by atoms with Crippen LogP contribution in [0.1, 0.15) is 51.4 Å². The van der Waals surface area contributed by atoms with E-state index in [0.717, 1.165) is 32.2 Å². The molecule has 1 unspecified atom stereocenters. The van der Waals surface area contributed by atoms with Gasteiger partial charge < -0.3 is 25.5 Å². The summed E-state index contributed by atoms with van der Waals surface area (Å²) in [4.78, 5) is 20.5. The van der Waals surface area contributed by atoms with E-state index in [4.69, 9.17) is 15.1 Å². The molecular formula is C26H36F3N7O3S. The van der Waals surface area contributed by atoms with Crippen molar-refractivity contribution >= 4 is 29.4 Å². The highest BCUT2D eigenvalue weighted by atomic mass is 32.2. The minimum atomic E-state index is -4.43. The first-order chi connectivity index (χ1) is 18.6. The molecule has 2 aromatic rings. The molecule has 1 atom stereocenters. The molecule has 0 aromatic carbocycles. The van der Waals surface area contributed by atoms with Gasteiger partial charge in [0.15, 0.2) is 5.82 Å². The fourth-order valence-electron chi connectivity index (χ4n) is 4.30. The summed E-state index contributed by atoms with van der Waals surface area (Å²) in [5.74, 6) is 0.711. The van der Waals surface area contributed by atoms with E-state index in [-0.39, 0.29) is 17.1 Å². The average molecular weight is 584 g/mol. The van der Waals surface area contributed by atoms with Gasteiger partial charge in [0, 0.05) is 37.6 Å². The van der Waals surface area contributed by atoms with E-state index in [2.05, 4.69) is 40.8 Å². The van der Waals surface area contributed by atoms with Gasteiger partial charge in [0.05, 0.1) is 28.2 Å². The molecule has 0 bridgehead atoms. The lowest BCUT2D eigenvalue weighted by Gasteiger charge is -2.34. The number of hydrogen-bond donors (Lipinski definition) is 4. The van der Waals surface area contributed by atoms with Crippen molar-refractivity contribution in [3.63, 3.8) is 0 Å². The van der Waals surface area contributed by atoms with Gasteiger partial charge in [0.2, 0.25) is 5.88 Å². The third kappa shape index (κ3) is 7.08. The molecule has 1 aliphatic rings. The van der Waals surface area contributed by atoms with Crippen molar-refractivity contribution < 1.29 is 27.8 Å². The molecular weight excluding hydrogens is 547 g/mol. The monoisotopic (exact) mass is 583 g/mol. The van der Waals surface area contributed by atoms with E-state index in [9.17, 15) is 23.1 Å². The molecule has 14 heteroatoms. The molecule has 0 saturated carbocycles. The van der Waals surface area contributed by atoms with Crippen LogP contribution in [0.4, 0.5) is 19.0 Å². The summed E-state index contributed by atoms with van der Waals surface area (Å²) >= 11 is 0.900. The number of aromatic nitrogens is 3. The van der Waals surface area contributed by atoms with Gasteiger partial charge in [-0.25, -0.2) is 9.67 Å². The molecule has 4 N–H and O–H groups in total. The number of anilines is 1. The normalized spacial score (nSPS) is 17.6. The molecule has 1 saturated heterocycles. The first kappa shape index (κ1) is 31.3. The summed E-state index contributed by atoms with van der Waals surface area (Å²) in [5, 5.41) is 24.3. The number of aliphatic hydroxyl groups excluding tert-OH is 1. The number of carbonyl (C=O) groups is 1. The standard InChI is InChI=1S/C26H36F3N7O3S/c1-16-11-25(4,5)35(13-16)22-17(23(38)34-40-19(12-31-6)18(30)14-37)7-8-20(32-22)36-10-9-21(33-36)39-15-24(2,3)26(27,28)29/h7-10,12,16,30-31,37H,11,13-15H2,1-6H3,(H,34,38)/b19-12+,30-18?. The summed E-state index contributed by atoms with van der Waals surface area (Å²) in [6.45, 7) is 7.96. The van der Waals surface area contributed by atoms with Gasteiger partial charge in [-0.05, 0) is 64.1 Å². The summed E-state index contributed by atoms with van der Waals surface area (Å²) < 4.78 is 49.1. The smallest absolute Gasteiger partial charge is 0.397 e. The van der Waals surface area contributed by atoms with Gasteiger partial charge in [-0.15, -0.1) is 5.10 Å². The zero-order valence-corrected chi connectivity index (χ0v) is 24.2. The molecule has 220 valence electrons. The molecule has 1 aliphatic heterocycles. The number of nitrogens with one attached hydrogen (secondary N) is 3. The van der Waals surface area contributed by atoms with Crippen LogP contribution in [0.15, 0.2) is 35.5 Å². The number of aliphatic hydroxyl groups is 1. The van der Waals surface area contributed by atoms with E-state index >= 15 is 0 Å². The second kappa shape index (κ2) is 12.1. The second-order valence-electron chi connectivity index (χ2n) is 11.0. The second-order valence-corrected chi connectivity index (χ2v) is 11.9. The molecule has 0 aliphatic carbocycles. The predicted molar refractivity (Wildman–Crippen MR) is 149 cm³/mol. The maximum Gasteiger partial charge on any atom is 0.397 e. The number of alkyl halides is 3. The van der Waals surface area contributed by atoms with Gasteiger partial charge in [-0.1, -0.05) is 6.92 Å². The largest absolute Gasteiger partial charge is 0.476 e. The Bertz CT molecular complexity index is 1260. The van der Waals surface area contributed by atoms with Crippen LogP contribution in [-0.4, -0.2) is 70.0 Å². The topological polar surface area (TPSA) is 128 Å². The SMILES string of the molecule is CN/C=C(/SNC(=O)c1ccc(-n2ccc(OCC(C)(C)C(F)(F)F)n2)nc1N1CC(C)CC1(C)C)C(=N)CO. The van der Waals surface area contributed by atoms with Gasteiger partial charge >= 0.3 is 6.18 Å². The van der Waals surface area contributed by atoms with Gasteiger partial charge in [-0.2, -0.15) is 13.2 Å². The number of nitrogens with zero attached hydrogens (tertiary/aromatic N) is 4. The van der Waals surface area contributed by atoms with Crippen molar-refractivity contribution in [1.82, 2.24) is 24.8 Å². The van der Waals surface area contributed by atoms with E-state index < -0.39 is 30.7 Å². The number of rotatable bonds is 11. The van der Waals surface area contributed by atoms with Crippen LogP contribution < -0.4 is 19.7 Å². The number of halogens is 3. The van der Waals surface area contributed by atoms with Crippen LogP contribution in [0.5, 0.6) is 5.88 Å². The van der Waals surface area contributed by atoms with Gasteiger partial charge in [-0.3, -0.25) is 9.52 Å². The van der Waals surface area contributed by atoms with Crippen LogP contribution in [0.3, 0.4) is 0 Å². The van der Waals surface area contributed by atoms with Crippen molar-refractivity contribution in [2.75, 3.05) is 31.7 Å². The number of amides is 1. The van der Waals surface area contributed by atoms with Crippen LogP contribution in [0.2, 0.25) is 0 Å². The molecule has 3 rings (SSSR count). The Labute approximate surface area is 236 Å². The van der Waals surface area contributed by atoms with Gasteiger partial charge in [0.25, 0.3) is 5.91 Å². The molecule has 0 radical (unpaired) electrons. The third-order valence-electron chi connectivity index (χ3n) is 6.57. The fourth-order valence-corrected chi connectivity index (χ4v) is 4.98. The van der Waals surface area contributed by atoms with E-state index in [1.165, 1.54) is 23.1 Å². The highest BCUT2D eigenvalue weighted by molar-refractivity contribution is 8.02. The van der Waals surface area contributed by atoms with Gasteiger partial charge in [0.1, 0.15) is 12.4 Å². The van der Waals surface area contributed by atoms with E-state index in [1.54, 1.807) is 19.2 Å². The number of ether oxygens (including phenoxy) is 1. The zero-order valence-electron chi connectivity index (χ0n) is 23.4. The Morgan fingerprint density at radius 2 is 2.02 bits per heavy atom. The van der Waals surface area contributed by atoms with Crippen LogP contribution in [0.25, 0.3) is 5.82 Å². The number of carbonyl (C=O) groups excluding carboxylic acids is 1. The van der Waals surface area contributed by atoms with Crippen molar-refractivity contribution in [2.45, 2.75) is 52.8 Å². The summed E-state index contributed by atoms with van der Waals surface area (Å²) in [6, 6.07) is 4.66. The minimum Gasteiger partial charge on any atom is -0.476 e. The Morgan fingerprint density at radius 3 is 2.60 bits per heavy atom. The maximum atomic E-state index is 13.3. The third-order valence-corrected chi connectivity index (χ3v) is 7.44. The van der Waals surface area contributed by atoms with Crippen molar-refractivity contribution in [3.8, 4) is 11.7 Å². The molecule has 1 amide bonds. The minimum absolute atomic E-state index is 0.0178. The lowest BCUT2D eigenvalue weighted by molar-refractivity contribution is -0.219. The van der Waals surface area contributed by atoms with Crippen molar-refractivity contribution in [1.29, 1.82) is 5.41 Å². The predicted octanol–water partition coefficient (Wildman–Crippen LogP) is 4.31. The lowest BCUT2D eigenvalue weighted by atomic mass is 9.94. The Hall–Kier alpha value is -3.26. The first-order valence-electron chi connectivity index (χ1n) is 12.7. The number of hydrogen-bond acceptors (Lipinski definition) is 9. The molecule has 40 heavy (non-hydrogen) atoms. The van der Waals surface area contributed by atoms with Crippen LogP contribution >= 0.6 is 11.9 Å². The first-order valence-corrected chi connectivity index (χ1v) is 13.5. The molecule has 1 fully saturated rings. The van der Waals surface area contributed by atoms with E-state index in [0.29, 0.717) is 34.6 Å². The molecule has 0 spiro atoms. The zero-order chi connectivity index (χ0) is 29.9. The quantitative estimate of drug-likeness (QED) is 0.228. The highest BCUT2D eigenvalue weighted by Gasteiger charge is 2.48. The Morgan fingerprint density at radius 1 is 1.32 bits per heavy atom. The van der Waals surface area contributed by atoms with E-state index in [1.807, 2.05) is 0 Å². The summed E-state index contributed by atoms with van der Waals surface area (Å²) in [7, 11) is 1.65. The Balaban J connectivity index is 1.92. The lowest BCUT2D eigenvalue weighted by Crippen LogP contribution is -2.40. The fraction of sp³-hybridized carbons (Fsp3) is 0.538. The molecule has 3 heterocycles. The maximum absolute atomic E-state index is 13.3. The summed E-state index contributed by atoms with van der Waals surface area (Å²) in [6.07, 6.45) is -0.510. The number of pyridine rings is 1. The Kier molecular flexibility index (Phi) is 9.45.